The predicted octanol–water partition coefficient (Wildman–Crippen LogP) is 2.78. The molecule has 0 amide bonds. The van der Waals surface area contributed by atoms with Crippen LogP contribution in [-0.2, 0) is 11.3 Å². The Kier molecular flexibility index (Phi) is 4.90. The summed E-state index contributed by atoms with van der Waals surface area (Å²) in [5.74, 6) is 0.511. The first-order chi connectivity index (χ1) is 10.1. The van der Waals surface area contributed by atoms with Gasteiger partial charge in [0, 0.05) is 18.3 Å². The highest BCUT2D eigenvalue weighted by molar-refractivity contribution is 5.72. The second-order valence-corrected chi connectivity index (χ2v) is 4.83. The first kappa shape index (κ1) is 15.0. The van der Waals surface area contributed by atoms with Crippen molar-refractivity contribution in [1.29, 1.82) is 0 Å². The van der Waals surface area contributed by atoms with Crippen LogP contribution in [0, 0.1) is 0 Å². The van der Waals surface area contributed by atoms with Crippen molar-refractivity contribution in [1.82, 2.24) is 9.88 Å². The van der Waals surface area contributed by atoms with E-state index in [-0.39, 0.29) is 0 Å². The maximum absolute atomic E-state index is 11.0. The van der Waals surface area contributed by atoms with Crippen LogP contribution in [0.5, 0.6) is 11.5 Å². The van der Waals surface area contributed by atoms with Gasteiger partial charge in [0.1, 0.15) is 17.5 Å². The van der Waals surface area contributed by atoms with E-state index in [1.54, 1.807) is 37.3 Å². The number of benzene rings is 1. The Bertz CT molecular complexity index is 601. The van der Waals surface area contributed by atoms with Gasteiger partial charge in [-0.15, -0.1) is 0 Å². The average molecular weight is 286 g/mol. The largest absolute Gasteiger partial charge is 0.480 e. The summed E-state index contributed by atoms with van der Waals surface area (Å²) in [7, 11) is 1.78. The molecule has 1 unspecified atom stereocenters. The molecule has 0 spiro atoms. The van der Waals surface area contributed by atoms with Crippen LogP contribution in [0.3, 0.4) is 0 Å². The van der Waals surface area contributed by atoms with Crippen molar-refractivity contribution >= 4 is 5.97 Å². The molecule has 1 heterocycles. The van der Waals surface area contributed by atoms with Gasteiger partial charge in [-0.1, -0.05) is 18.2 Å². The first-order valence-electron chi connectivity index (χ1n) is 6.66. The number of aromatic nitrogens is 1. The molecule has 0 fully saturated rings. The van der Waals surface area contributed by atoms with Crippen LogP contribution in [0.2, 0.25) is 0 Å². The van der Waals surface area contributed by atoms with Crippen LogP contribution < -0.4 is 4.74 Å². The summed E-state index contributed by atoms with van der Waals surface area (Å²) < 4.78 is 5.81. The Morgan fingerprint density at radius 3 is 2.76 bits per heavy atom. The van der Waals surface area contributed by atoms with Gasteiger partial charge in [0.25, 0.3) is 0 Å². The quantitative estimate of drug-likeness (QED) is 0.884. The van der Waals surface area contributed by atoms with Gasteiger partial charge in [-0.25, -0.2) is 0 Å². The normalized spacial score (nSPS) is 12.1. The third kappa shape index (κ3) is 4.03. The van der Waals surface area contributed by atoms with Crippen LogP contribution in [0.4, 0.5) is 0 Å². The van der Waals surface area contributed by atoms with E-state index in [1.807, 2.05) is 30.3 Å². The van der Waals surface area contributed by atoms with E-state index in [4.69, 9.17) is 9.84 Å². The number of likely N-dealkylation sites (N-methyl/N-ethyl adjacent to an activating group) is 1. The molecule has 5 heteroatoms. The lowest BCUT2D eigenvalue weighted by Gasteiger charge is -2.22. The topological polar surface area (TPSA) is 62.7 Å². The zero-order valence-corrected chi connectivity index (χ0v) is 12.1. The molecular weight excluding hydrogens is 268 g/mol. The molecule has 1 atom stereocenters. The molecular formula is C16H18N2O3. The molecule has 0 bridgehead atoms. The van der Waals surface area contributed by atoms with Gasteiger partial charge in [0.05, 0.1) is 6.20 Å². The van der Waals surface area contributed by atoms with Crippen LogP contribution >= 0.6 is 0 Å². The number of carboxylic acids is 1. The van der Waals surface area contributed by atoms with Crippen LogP contribution in [0.15, 0.2) is 48.8 Å². The zero-order valence-electron chi connectivity index (χ0n) is 12.1. The van der Waals surface area contributed by atoms with Crippen molar-refractivity contribution in [3.05, 3.63) is 54.4 Å². The van der Waals surface area contributed by atoms with Gasteiger partial charge in [-0.3, -0.25) is 14.7 Å². The average Bonchev–Trinajstić information content (AvgIpc) is 2.49. The molecule has 0 aliphatic rings. The highest BCUT2D eigenvalue weighted by Crippen LogP contribution is 2.25. The maximum atomic E-state index is 11.0. The van der Waals surface area contributed by atoms with Crippen molar-refractivity contribution in [2.45, 2.75) is 19.5 Å². The molecule has 0 aliphatic carbocycles. The lowest BCUT2D eigenvalue weighted by atomic mass is 10.1. The van der Waals surface area contributed by atoms with E-state index < -0.39 is 12.0 Å². The van der Waals surface area contributed by atoms with Crippen LogP contribution in [0.1, 0.15) is 12.5 Å². The van der Waals surface area contributed by atoms with Crippen molar-refractivity contribution < 1.29 is 14.6 Å². The third-order valence-corrected chi connectivity index (χ3v) is 3.27. The zero-order chi connectivity index (χ0) is 15.2. The molecule has 110 valence electrons. The number of para-hydroxylation sites is 1. The summed E-state index contributed by atoms with van der Waals surface area (Å²) in [5, 5.41) is 9.05. The number of carbonyl (C=O) groups is 1. The highest BCUT2D eigenvalue weighted by Gasteiger charge is 2.18. The summed E-state index contributed by atoms with van der Waals surface area (Å²) in [6.07, 6.45) is 3.32. The van der Waals surface area contributed by atoms with Crippen molar-refractivity contribution in [3.8, 4) is 11.5 Å². The van der Waals surface area contributed by atoms with Gasteiger partial charge in [0.15, 0.2) is 0 Å². The molecule has 2 aromatic rings. The van der Waals surface area contributed by atoms with Crippen molar-refractivity contribution in [2.24, 2.45) is 0 Å². The molecule has 1 aromatic carbocycles. The lowest BCUT2D eigenvalue weighted by Crippen LogP contribution is -2.35. The smallest absolute Gasteiger partial charge is 0.320 e. The Labute approximate surface area is 123 Å². The minimum Gasteiger partial charge on any atom is -0.480 e. The number of nitrogens with zero attached hydrogens (tertiary/aromatic N) is 2. The molecule has 0 saturated heterocycles. The Morgan fingerprint density at radius 1 is 1.33 bits per heavy atom. The van der Waals surface area contributed by atoms with Crippen LogP contribution in [-0.4, -0.2) is 34.0 Å². The van der Waals surface area contributed by atoms with Gasteiger partial charge in [-0.05, 0) is 32.2 Å². The number of carboxylic acid groups (broad SMARTS) is 1. The maximum Gasteiger partial charge on any atom is 0.320 e. The fourth-order valence-electron chi connectivity index (χ4n) is 1.86. The van der Waals surface area contributed by atoms with Gasteiger partial charge in [0.2, 0.25) is 0 Å². The molecule has 21 heavy (non-hydrogen) atoms. The number of pyridine rings is 1. The minimum absolute atomic E-state index is 0.490. The first-order valence-corrected chi connectivity index (χ1v) is 6.66. The SMILES string of the molecule is CC(C(=O)O)N(C)Cc1ccccc1Oc1cccnc1. The minimum atomic E-state index is -0.844. The third-order valence-electron chi connectivity index (χ3n) is 3.27. The second-order valence-electron chi connectivity index (χ2n) is 4.83. The summed E-state index contributed by atoms with van der Waals surface area (Å²) >= 11 is 0. The summed E-state index contributed by atoms with van der Waals surface area (Å²) in [6.45, 7) is 2.15. The molecule has 5 nitrogen and oxygen atoms in total. The lowest BCUT2D eigenvalue weighted by molar-refractivity contribution is -0.142. The Morgan fingerprint density at radius 2 is 2.10 bits per heavy atom. The Balaban J connectivity index is 2.15. The molecule has 2 rings (SSSR count). The van der Waals surface area contributed by atoms with Gasteiger partial charge in [-0.2, -0.15) is 0 Å². The summed E-state index contributed by atoms with van der Waals surface area (Å²) in [6, 6.07) is 10.7. The highest BCUT2D eigenvalue weighted by atomic mass is 16.5. The van der Waals surface area contributed by atoms with E-state index in [1.165, 1.54) is 0 Å². The van der Waals surface area contributed by atoms with E-state index in [9.17, 15) is 4.79 Å². The van der Waals surface area contributed by atoms with Crippen molar-refractivity contribution in [2.75, 3.05) is 7.05 Å². The number of hydrogen-bond donors (Lipinski definition) is 1. The molecule has 1 aromatic heterocycles. The standard InChI is InChI=1S/C16H18N2O3/c1-12(16(19)20)18(2)11-13-6-3-4-8-15(13)21-14-7-5-9-17-10-14/h3-10,12H,11H2,1-2H3,(H,19,20). The monoisotopic (exact) mass is 286 g/mol. The van der Waals surface area contributed by atoms with Gasteiger partial charge >= 0.3 is 5.97 Å². The Hall–Kier alpha value is -2.40. The second kappa shape index (κ2) is 6.85. The number of aliphatic carboxylic acids is 1. The van der Waals surface area contributed by atoms with E-state index in [0.29, 0.717) is 18.0 Å². The van der Waals surface area contributed by atoms with E-state index >= 15 is 0 Å². The fraction of sp³-hybridized carbons (Fsp3) is 0.250. The summed E-state index contributed by atoms with van der Waals surface area (Å²) in [5.41, 5.74) is 0.928. The molecule has 0 saturated carbocycles. The molecule has 1 N–H and O–H groups in total. The fourth-order valence-corrected chi connectivity index (χ4v) is 1.86. The van der Waals surface area contributed by atoms with E-state index in [0.717, 1.165) is 5.56 Å². The molecule has 0 aliphatic heterocycles. The van der Waals surface area contributed by atoms with E-state index in [2.05, 4.69) is 4.98 Å². The number of hydrogen-bond acceptors (Lipinski definition) is 4. The predicted molar refractivity (Wildman–Crippen MR) is 79.3 cm³/mol. The molecule has 0 radical (unpaired) electrons. The van der Waals surface area contributed by atoms with Crippen LogP contribution in [0.25, 0.3) is 0 Å². The number of ether oxygens (including phenoxy) is 1. The number of rotatable bonds is 6. The van der Waals surface area contributed by atoms with Crippen molar-refractivity contribution in [3.63, 3.8) is 0 Å². The summed E-state index contributed by atoms with van der Waals surface area (Å²) in [4.78, 5) is 16.8. The van der Waals surface area contributed by atoms with Gasteiger partial charge < -0.3 is 9.84 Å².